The Morgan fingerprint density at radius 1 is 0.389 bits per heavy atom. The van der Waals surface area contributed by atoms with Crippen LogP contribution in [0.1, 0.15) is 245 Å². The van der Waals surface area contributed by atoms with Crippen molar-refractivity contribution >= 4 is 17.9 Å². The molecule has 0 aromatic rings. The van der Waals surface area contributed by atoms with Crippen LogP contribution >= 0.6 is 0 Å². The SMILES string of the molecule is CC/C=C\C/C=C\CCCCC(=O)OCC(COC(=O)CCCCCCCCCCCCCCCCCCC)OC(=O)CCCCCCCCCCCC. The number of carbonyl (C=O) groups excluding carboxylic acids is 3. The number of unbranched alkanes of at least 4 members (excludes halogenated alkanes) is 27. The maximum atomic E-state index is 12.7. The molecule has 0 bridgehead atoms. The van der Waals surface area contributed by atoms with E-state index in [2.05, 4.69) is 45.1 Å². The number of allylic oxidation sites excluding steroid dienone is 4. The summed E-state index contributed by atoms with van der Waals surface area (Å²) in [6.07, 6.45) is 47.5. The molecule has 0 N–H and O–H groups in total. The summed E-state index contributed by atoms with van der Waals surface area (Å²) in [4.78, 5) is 37.6. The molecule has 1 unspecified atom stereocenters. The number of ether oxygens (including phenoxy) is 3. The second kappa shape index (κ2) is 43.6. The number of carbonyl (C=O) groups is 3. The molecule has 0 saturated carbocycles. The molecule has 54 heavy (non-hydrogen) atoms. The fraction of sp³-hybridized carbons (Fsp3) is 0.854. The number of hydrogen-bond donors (Lipinski definition) is 0. The smallest absolute Gasteiger partial charge is 0.306 e. The average Bonchev–Trinajstić information content (AvgIpc) is 3.17. The first kappa shape index (κ1) is 51.9. The quantitative estimate of drug-likeness (QED) is 0.0267. The van der Waals surface area contributed by atoms with E-state index in [1.54, 1.807) is 0 Å². The molecule has 0 radical (unpaired) electrons. The molecule has 0 saturated heterocycles. The van der Waals surface area contributed by atoms with E-state index >= 15 is 0 Å². The van der Waals surface area contributed by atoms with E-state index in [0.29, 0.717) is 19.3 Å². The summed E-state index contributed by atoms with van der Waals surface area (Å²) in [5.41, 5.74) is 0. The normalized spacial score (nSPS) is 12.1. The summed E-state index contributed by atoms with van der Waals surface area (Å²) in [5, 5.41) is 0. The second-order valence-corrected chi connectivity index (χ2v) is 15.6. The van der Waals surface area contributed by atoms with Gasteiger partial charge >= 0.3 is 17.9 Å². The van der Waals surface area contributed by atoms with Gasteiger partial charge in [-0.05, 0) is 44.9 Å². The monoisotopic (exact) mass is 761 g/mol. The van der Waals surface area contributed by atoms with Crippen LogP contribution < -0.4 is 0 Å². The van der Waals surface area contributed by atoms with Crippen molar-refractivity contribution < 1.29 is 28.6 Å². The molecule has 0 fully saturated rings. The summed E-state index contributed by atoms with van der Waals surface area (Å²) >= 11 is 0. The van der Waals surface area contributed by atoms with Crippen LogP contribution in [-0.2, 0) is 28.6 Å². The van der Waals surface area contributed by atoms with Gasteiger partial charge in [0.2, 0.25) is 0 Å². The topological polar surface area (TPSA) is 78.9 Å². The van der Waals surface area contributed by atoms with Crippen molar-refractivity contribution in [2.45, 2.75) is 252 Å². The summed E-state index contributed by atoms with van der Waals surface area (Å²) in [6, 6.07) is 0. The average molecular weight is 761 g/mol. The predicted octanol–water partition coefficient (Wildman–Crippen LogP) is 14.8. The Hall–Kier alpha value is -2.11. The van der Waals surface area contributed by atoms with E-state index in [9.17, 15) is 14.4 Å². The molecule has 0 aliphatic heterocycles. The molecule has 1 atom stereocenters. The number of rotatable bonds is 42. The van der Waals surface area contributed by atoms with Gasteiger partial charge in [-0.25, -0.2) is 0 Å². The van der Waals surface area contributed by atoms with Crippen LogP contribution in [0.5, 0.6) is 0 Å². The third-order valence-corrected chi connectivity index (χ3v) is 10.2. The first-order valence-electron chi connectivity index (χ1n) is 23.3. The highest BCUT2D eigenvalue weighted by molar-refractivity contribution is 5.71. The number of esters is 3. The fourth-order valence-corrected chi connectivity index (χ4v) is 6.72. The summed E-state index contributed by atoms with van der Waals surface area (Å²) in [6.45, 7) is 6.48. The highest BCUT2D eigenvalue weighted by Gasteiger charge is 2.19. The van der Waals surface area contributed by atoms with E-state index in [1.807, 2.05) is 0 Å². The molecule has 6 nitrogen and oxygen atoms in total. The Bertz CT molecular complexity index is 880. The molecule has 0 aliphatic rings. The lowest BCUT2D eigenvalue weighted by atomic mass is 10.0. The molecule has 6 heteroatoms. The lowest BCUT2D eigenvalue weighted by Gasteiger charge is -2.18. The van der Waals surface area contributed by atoms with E-state index < -0.39 is 6.10 Å². The second-order valence-electron chi connectivity index (χ2n) is 15.6. The van der Waals surface area contributed by atoms with E-state index in [0.717, 1.165) is 70.6 Å². The third kappa shape index (κ3) is 41.1. The molecule has 0 aromatic carbocycles. The van der Waals surface area contributed by atoms with Crippen LogP contribution in [0.2, 0.25) is 0 Å². The minimum atomic E-state index is -0.775. The molecule has 0 aromatic heterocycles. The van der Waals surface area contributed by atoms with Gasteiger partial charge in [0.25, 0.3) is 0 Å². The van der Waals surface area contributed by atoms with Crippen LogP contribution in [0, 0.1) is 0 Å². The number of hydrogen-bond acceptors (Lipinski definition) is 6. The van der Waals surface area contributed by atoms with Gasteiger partial charge in [0.15, 0.2) is 6.10 Å². The van der Waals surface area contributed by atoms with Crippen LogP contribution in [0.15, 0.2) is 24.3 Å². The van der Waals surface area contributed by atoms with Gasteiger partial charge < -0.3 is 14.2 Å². The Balaban J connectivity index is 4.26. The van der Waals surface area contributed by atoms with Crippen molar-refractivity contribution in [2.24, 2.45) is 0 Å². The van der Waals surface area contributed by atoms with Crippen LogP contribution in [0.25, 0.3) is 0 Å². The van der Waals surface area contributed by atoms with Gasteiger partial charge in [0.05, 0.1) is 0 Å². The Kier molecular flexibility index (Phi) is 41.9. The van der Waals surface area contributed by atoms with Crippen molar-refractivity contribution in [3.63, 3.8) is 0 Å². The lowest BCUT2D eigenvalue weighted by Crippen LogP contribution is -2.30. The highest BCUT2D eigenvalue weighted by atomic mass is 16.6. The molecule has 0 amide bonds. The van der Waals surface area contributed by atoms with Gasteiger partial charge in [-0.15, -0.1) is 0 Å². The van der Waals surface area contributed by atoms with Gasteiger partial charge in [0, 0.05) is 19.3 Å². The van der Waals surface area contributed by atoms with Crippen LogP contribution in [0.4, 0.5) is 0 Å². The molecular formula is C48H88O6. The van der Waals surface area contributed by atoms with Crippen LogP contribution in [-0.4, -0.2) is 37.2 Å². The van der Waals surface area contributed by atoms with Crippen molar-refractivity contribution in [2.75, 3.05) is 13.2 Å². The minimum Gasteiger partial charge on any atom is -0.462 e. The van der Waals surface area contributed by atoms with Gasteiger partial charge in [-0.1, -0.05) is 206 Å². The summed E-state index contributed by atoms with van der Waals surface area (Å²) in [7, 11) is 0. The van der Waals surface area contributed by atoms with E-state index in [4.69, 9.17) is 14.2 Å². The van der Waals surface area contributed by atoms with Crippen molar-refractivity contribution in [3.05, 3.63) is 24.3 Å². The molecular weight excluding hydrogens is 673 g/mol. The highest BCUT2D eigenvalue weighted by Crippen LogP contribution is 2.16. The zero-order chi connectivity index (χ0) is 39.4. The van der Waals surface area contributed by atoms with Crippen molar-refractivity contribution in [3.8, 4) is 0 Å². The van der Waals surface area contributed by atoms with Crippen molar-refractivity contribution in [1.82, 2.24) is 0 Å². The maximum Gasteiger partial charge on any atom is 0.306 e. The van der Waals surface area contributed by atoms with Gasteiger partial charge in [-0.3, -0.25) is 14.4 Å². The lowest BCUT2D eigenvalue weighted by molar-refractivity contribution is -0.167. The Labute approximate surface area is 334 Å². The minimum absolute atomic E-state index is 0.0773. The van der Waals surface area contributed by atoms with Crippen LogP contribution in [0.3, 0.4) is 0 Å². The largest absolute Gasteiger partial charge is 0.462 e. The first-order chi connectivity index (χ1) is 26.5. The Morgan fingerprint density at radius 3 is 1.11 bits per heavy atom. The van der Waals surface area contributed by atoms with Gasteiger partial charge in [0.1, 0.15) is 13.2 Å². The zero-order valence-electron chi connectivity index (χ0n) is 36.0. The first-order valence-corrected chi connectivity index (χ1v) is 23.3. The zero-order valence-corrected chi connectivity index (χ0v) is 36.0. The summed E-state index contributed by atoms with van der Waals surface area (Å²) in [5.74, 6) is -0.910. The predicted molar refractivity (Wildman–Crippen MR) is 229 cm³/mol. The maximum absolute atomic E-state index is 12.7. The fourth-order valence-electron chi connectivity index (χ4n) is 6.72. The van der Waals surface area contributed by atoms with Gasteiger partial charge in [-0.2, -0.15) is 0 Å². The Morgan fingerprint density at radius 2 is 0.722 bits per heavy atom. The third-order valence-electron chi connectivity index (χ3n) is 10.2. The molecule has 0 aliphatic carbocycles. The molecule has 0 heterocycles. The standard InChI is InChI=1S/C48H88O6/c1-4-7-10-13-16-19-21-22-23-24-25-26-27-30-32-35-38-41-47(50)53-44-45(43-52-46(49)40-37-34-31-28-18-15-12-9-6-3)54-48(51)42-39-36-33-29-20-17-14-11-8-5-2/h9,12,18,28,45H,4-8,10-11,13-17,19-27,29-44H2,1-3H3/b12-9-,28-18-. The van der Waals surface area contributed by atoms with Crippen molar-refractivity contribution in [1.29, 1.82) is 0 Å². The van der Waals surface area contributed by atoms with E-state index in [1.165, 1.54) is 135 Å². The molecule has 0 spiro atoms. The molecule has 316 valence electrons. The molecule has 0 rings (SSSR count). The summed E-state index contributed by atoms with van der Waals surface area (Å²) < 4.78 is 16.7. The van der Waals surface area contributed by atoms with E-state index in [-0.39, 0.29) is 31.1 Å².